The number of rotatable bonds is 4. The molecular weight excluding hydrogens is 316 g/mol. The highest BCUT2D eigenvalue weighted by Gasteiger charge is 2.29. The molecule has 7 heteroatoms. The van der Waals surface area contributed by atoms with Crippen LogP contribution in [0, 0.1) is 0 Å². The van der Waals surface area contributed by atoms with E-state index in [9.17, 15) is 5.11 Å². The van der Waals surface area contributed by atoms with Crippen molar-refractivity contribution in [2.24, 2.45) is 0 Å². The number of morpholine rings is 1. The fourth-order valence-electron chi connectivity index (χ4n) is 2.77. The quantitative estimate of drug-likeness (QED) is 0.890. The van der Waals surface area contributed by atoms with E-state index in [0.29, 0.717) is 37.0 Å². The summed E-state index contributed by atoms with van der Waals surface area (Å²) in [4.78, 5) is 10.2. The Morgan fingerprint density at radius 3 is 2.91 bits per heavy atom. The Morgan fingerprint density at radius 1 is 1.35 bits per heavy atom. The SMILES string of the molecule is Nc1ncnc(N2CCOCC2CC(O)c2ccccc2)c1Cl. The largest absolute Gasteiger partial charge is 0.388 e. The number of nitrogen functional groups attached to an aromatic ring is 1. The van der Waals surface area contributed by atoms with Gasteiger partial charge in [-0.2, -0.15) is 0 Å². The van der Waals surface area contributed by atoms with Gasteiger partial charge in [-0.15, -0.1) is 0 Å². The van der Waals surface area contributed by atoms with Gasteiger partial charge in [-0.05, 0) is 5.56 Å². The van der Waals surface area contributed by atoms with Crippen molar-refractivity contribution in [3.8, 4) is 0 Å². The summed E-state index contributed by atoms with van der Waals surface area (Å²) in [5, 5.41) is 10.8. The first-order valence-corrected chi connectivity index (χ1v) is 7.88. The van der Waals surface area contributed by atoms with Gasteiger partial charge < -0.3 is 20.5 Å². The average Bonchev–Trinajstić information content (AvgIpc) is 2.59. The van der Waals surface area contributed by atoms with Crippen LogP contribution in [0.25, 0.3) is 0 Å². The molecule has 1 fully saturated rings. The number of hydrogen-bond acceptors (Lipinski definition) is 6. The van der Waals surface area contributed by atoms with E-state index in [4.69, 9.17) is 22.1 Å². The van der Waals surface area contributed by atoms with E-state index in [1.165, 1.54) is 6.33 Å². The second kappa shape index (κ2) is 7.12. The number of hydrogen-bond donors (Lipinski definition) is 2. The number of halogens is 1. The molecule has 0 spiro atoms. The Kier molecular flexibility index (Phi) is 4.95. The van der Waals surface area contributed by atoms with E-state index in [0.717, 1.165) is 5.56 Å². The molecule has 1 aliphatic rings. The van der Waals surface area contributed by atoms with Crippen molar-refractivity contribution in [1.29, 1.82) is 0 Å². The lowest BCUT2D eigenvalue weighted by atomic mass is 10.0. The highest BCUT2D eigenvalue weighted by Crippen LogP contribution is 2.32. The minimum atomic E-state index is -0.580. The van der Waals surface area contributed by atoms with Gasteiger partial charge in [0.1, 0.15) is 17.2 Å². The van der Waals surface area contributed by atoms with Crippen LogP contribution in [0.1, 0.15) is 18.1 Å². The van der Waals surface area contributed by atoms with E-state index < -0.39 is 6.10 Å². The minimum Gasteiger partial charge on any atom is -0.388 e. The molecule has 6 nitrogen and oxygen atoms in total. The van der Waals surface area contributed by atoms with E-state index in [1.54, 1.807) is 0 Å². The van der Waals surface area contributed by atoms with Gasteiger partial charge in [0, 0.05) is 13.0 Å². The Labute approximate surface area is 139 Å². The molecular formula is C16H19ClN4O2. The van der Waals surface area contributed by atoms with Crippen LogP contribution in [0.5, 0.6) is 0 Å². The summed E-state index contributed by atoms with van der Waals surface area (Å²) in [6.45, 7) is 1.73. The molecule has 0 amide bonds. The fraction of sp³-hybridized carbons (Fsp3) is 0.375. The summed E-state index contributed by atoms with van der Waals surface area (Å²) in [5.41, 5.74) is 6.66. The summed E-state index contributed by atoms with van der Waals surface area (Å²) in [6.07, 6.45) is 1.34. The van der Waals surface area contributed by atoms with Gasteiger partial charge in [0.25, 0.3) is 0 Å². The van der Waals surface area contributed by atoms with E-state index >= 15 is 0 Å². The van der Waals surface area contributed by atoms with Crippen LogP contribution in [0.4, 0.5) is 11.6 Å². The Balaban J connectivity index is 1.80. The number of ether oxygens (including phenoxy) is 1. The van der Waals surface area contributed by atoms with Crippen LogP contribution in [0.15, 0.2) is 36.7 Å². The third kappa shape index (κ3) is 3.55. The average molecular weight is 335 g/mol. The lowest BCUT2D eigenvalue weighted by Gasteiger charge is -2.37. The highest BCUT2D eigenvalue weighted by molar-refractivity contribution is 6.35. The topological polar surface area (TPSA) is 84.5 Å². The monoisotopic (exact) mass is 334 g/mol. The summed E-state index contributed by atoms with van der Waals surface area (Å²) < 4.78 is 5.57. The molecule has 1 aliphatic heterocycles. The Morgan fingerprint density at radius 2 is 2.13 bits per heavy atom. The summed E-state index contributed by atoms with van der Waals surface area (Å²) >= 11 is 6.25. The minimum absolute atomic E-state index is 0.0363. The third-order valence-corrected chi connectivity index (χ3v) is 4.34. The number of benzene rings is 1. The van der Waals surface area contributed by atoms with Gasteiger partial charge >= 0.3 is 0 Å². The second-order valence-corrected chi connectivity index (χ2v) is 5.86. The van der Waals surface area contributed by atoms with Crippen LogP contribution in [-0.2, 0) is 4.74 Å². The zero-order valence-electron chi connectivity index (χ0n) is 12.6. The van der Waals surface area contributed by atoms with Gasteiger partial charge in [0.05, 0.1) is 25.4 Å². The molecule has 122 valence electrons. The molecule has 3 rings (SSSR count). The lowest BCUT2D eigenvalue weighted by molar-refractivity contribution is 0.0676. The van der Waals surface area contributed by atoms with Crippen molar-refractivity contribution in [2.75, 3.05) is 30.4 Å². The molecule has 0 bridgehead atoms. The van der Waals surface area contributed by atoms with E-state index in [1.807, 2.05) is 35.2 Å². The van der Waals surface area contributed by atoms with Gasteiger partial charge in [-0.1, -0.05) is 41.9 Å². The van der Waals surface area contributed by atoms with Crippen LogP contribution in [0.3, 0.4) is 0 Å². The maximum Gasteiger partial charge on any atom is 0.153 e. The van der Waals surface area contributed by atoms with Crippen molar-refractivity contribution in [1.82, 2.24) is 9.97 Å². The first kappa shape index (κ1) is 16.0. The van der Waals surface area contributed by atoms with Crippen LogP contribution < -0.4 is 10.6 Å². The molecule has 0 saturated carbocycles. The third-order valence-electron chi connectivity index (χ3n) is 3.98. The zero-order chi connectivity index (χ0) is 16.2. The van der Waals surface area contributed by atoms with Crippen molar-refractivity contribution >= 4 is 23.2 Å². The van der Waals surface area contributed by atoms with Crippen LogP contribution in [-0.4, -0.2) is 40.9 Å². The normalized spacial score (nSPS) is 19.6. The van der Waals surface area contributed by atoms with Gasteiger partial charge in [-0.25, -0.2) is 9.97 Å². The van der Waals surface area contributed by atoms with Crippen molar-refractivity contribution in [3.63, 3.8) is 0 Å². The summed E-state index contributed by atoms with van der Waals surface area (Å²) in [6, 6.07) is 9.54. The molecule has 2 atom stereocenters. The number of anilines is 2. The zero-order valence-corrected chi connectivity index (χ0v) is 13.4. The van der Waals surface area contributed by atoms with Crippen LogP contribution >= 0.6 is 11.6 Å². The van der Waals surface area contributed by atoms with Gasteiger partial charge in [-0.3, -0.25) is 0 Å². The van der Waals surface area contributed by atoms with E-state index in [2.05, 4.69) is 9.97 Å². The molecule has 1 aromatic carbocycles. The smallest absolute Gasteiger partial charge is 0.153 e. The maximum absolute atomic E-state index is 10.5. The molecule has 0 radical (unpaired) electrons. The molecule has 1 aromatic heterocycles. The molecule has 3 N–H and O–H groups in total. The number of aromatic nitrogens is 2. The molecule has 2 aromatic rings. The molecule has 23 heavy (non-hydrogen) atoms. The summed E-state index contributed by atoms with van der Waals surface area (Å²) in [5.74, 6) is 0.846. The number of nitrogens with zero attached hydrogens (tertiary/aromatic N) is 3. The van der Waals surface area contributed by atoms with Crippen molar-refractivity contribution in [2.45, 2.75) is 18.6 Å². The molecule has 2 unspecified atom stereocenters. The maximum atomic E-state index is 10.5. The predicted octanol–water partition coefficient (Wildman–Crippen LogP) is 2.04. The highest BCUT2D eigenvalue weighted by atomic mass is 35.5. The van der Waals surface area contributed by atoms with Crippen molar-refractivity contribution in [3.05, 3.63) is 47.2 Å². The first-order valence-electron chi connectivity index (χ1n) is 7.50. The predicted molar refractivity (Wildman–Crippen MR) is 89.4 cm³/mol. The standard InChI is InChI=1S/C16H19ClN4O2/c17-14-15(18)19-10-20-16(14)21-6-7-23-9-12(21)8-13(22)11-4-2-1-3-5-11/h1-5,10,12-13,22H,6-9H2,(H2,18,19,20). The molecule has 2 heterocycles. The fourth-order valence-corrected chi connectivity index (χ4v) is 2.98. The number of aliphatic hydroxyl groups is 1. The van der Waals surface area contributed by atoms with Gasteiger partial charge in [0.2, 0.25) is 0 Å². The van der Waals surface area contributed by atoms with Gasteiger partial charge in [0.15, 0.2) is 5.82 Å². The number of nitrogens with two attached hydrogens (primary N) is 1. The lowest BCUT2D eigenvalue weighted by Crippen LogP contribution is -2.47. The molecule has 0 aliphatic carbocycles. The van der Waals surface area contributed by atoms with Crippen molar-refractivity contribution < 1.29 is 9.84 Å². The van der Waals surface area contributed by atoms with E-state index in [-0.39, 0.29) is 11.9 Å². The Bertz CT molecular complexity index is 656. The molecule has 1 saturated heterocycles. The Hall–Kier alpha value is -1.89. The second-order valence-electron chi connectivity index (χ2n) is 5.48. The van der Waals surface area contributed by atoms with Crippen LogP contribution in [0.2, 0.25) is 5.02 Å². The number of aliphatic hydroxyl groups excluding tert-OH is 1. The summed E-state index contributed by atoms with van der Waals surface area (Å²) in [7, 11) is 0. The first-order chi connectivity index (χ1) is 11.2.